The van der Waals surface area contributed by atoms with Gasteiger partial charge in [-0.25, -0.2) is 0 Å². The van der Waals surface area contributed by atoms with E-state index in [1.165, 1.54) is 6.07 Å². The highest BCUT2D eigenvalue weighted by Gasteiger charge is 2.53. The SMILES string of the molecule is CC(C)C1=C2[C@@H](CC/C(=C/c3ccc(O)cc3Cl)c3ccccn3)OB(O)C[C@@H]2[C@@H]2C(=O)c3ccccc3C(=O)[C@@H]2C1. The molecule has 214 valence electrons. The topological polar surface area (TPSA) is 96.7 Å². The second kappa shape index (κ2) is 11.6. The summed E-state index contributed by atoms with van der Waals surface area (Å²) >= 11 is 6.45. The van der Waals surface area contributed by atoms with Gasteiger partial charge in [-0.15, -0.1) is 0 Å². The molecule has 6 nitrogen and oxygen atoms in total. The van der Waals surface area contributed by atoms with E-state index >= 15 is 0 Å². The summed E-state index contributed by atoms with van der Waals surface area (Å²) < 4.78 is 6.22. The standard InChI is InChI=1S/C34H33BClNO5/c1-19(2)25-17-26-32(34(40)24-8-4-3-7-23(24)33(26)39)27-18-35(41)42-30(31(25)27)13-11-21(29-9-5-6-14-37-29)15-20-10-12-22(38)16-28(20)36/h3-10,12,14-16,19,26-27,30,32,38,41H,11,13,17-18H2,1-2H3/b21-15-/t26-,27+,30-,32-/m1/s1. The van der Waals surface area contributed by atoms with Crippen LogP contribution in [0.5, 0.6) is 5.75 Å². The van der Waals surface area contributed by atoms with Gasteiger partial charge in [-0.3, -0.25) is 14.6 Å². The number of phenols is 1. The number of allylic oxidation sites excluding steroid dienone is 2. The lowest BCUT2D eigenvalue weighted by Gasteiger charge is -2.48. The predicted molar refractivity (Wildman–Crippen MR) is 164 cm³/mol. The van der Waals surface area contributed by atoms with Crippen molar-refractivity contribution < 1.29 is 24.4 Å². The highest BCUT2D eigenvalue weighted by molar-refractivity contribution is 6.43. The zero-order valence-corrected chi connectivity index (χ0v) is 24.4. The quantitative estimate of drug-likeness (QED) is 0.242. The number of phenolic OH excluding ortho intramolecular Hbond substituents is 1. The zero-order chi connectivity index (χ0) is 29.5. The normalized spacial score (nSPS) is 24.0. The molecule has 3 aromatic rings. The first-order valence-electron chi connectivity index (χ1n) is 14.6. The van der Waals surface area contributed by atoms with E-state index in [1.54, 1.807) is 36.5 Å². The number of Topliss-reactive ketones (excluding diaryl/α,β-unsaturated/α-hetero) is 2. The highest BCUT2D eigenvalue weighted by atomic mass is 35.5. The number of hydrogen-bond acceptors (Lipinski definition) is 6. The van der Waals surface area contributed by atoms with Crippen molar-refractivity contribution in [3.05, 3.63) is 105 Å². The van der Waals surface area contributed by atoms with Crippen molar-refractivity contribution in [1.29, 1.82) is 0 Å². The van der Waals surface area contributed by atoms with Crippen LogP contribution in [-0.4, -0.2) is 39.9 Å². The predicted octanol–water partition coefficient (Wildman–Crippen LogP) is 6.92. The number of pyridine rings is 1. The molecule has 0 unspecified atom stereocenters. The molecule has 1 aromatic heterocycles. The van der Waals surface area contributed by atoms with Gasteiger partial charge in [0, 0.05) is 29.2 Å². The van der Waals surface area contributed by atoms with Gasteiger partial charge in [-0.05, 0) is 90.5 Å². The van der Waals surface area contributed by atoms with Crippen LogP contribution >= 0.6 is 11.6 Å². The van der Waals surface area contributed by atoms with Crippen molar-refractivity contribution in [3.63, 3.8) is 0 Å². The molecule has 4 atom stereocenters. The molecule has 1 fully saturated rings. The number of carbonyl (C=O) groups is 2. The summed E-state index contributed by atoms with van der Waals surface area (Å²) in [6, 6.07) is 17.7. The van der Waals surface area contributed by atoms with Gasteiger partial charge in [-0.2, -0.15) is 0 Å². The molecule has 0 bridgehead atoms. The van der Waals surface area contributed by atoms with Crippen LogP contribution in [0.25, 0.3) is 11.6 Å². The Bertz CT molecular complexity index is 1600. The van der Waals surface area contributed by atoms with Crippen molar-refractivity contribution in [2.75, 3.05) is 0 Å². The number of nitrogens with zero attached hydrogens (tertiary/aromatic N) is 1. The molecule has 8 heteroatoms. The lowest BCUT2D eigenvalue weighted by atomic mass is 9.53. The lowest BCUT2D eigenvalue weighted by Crippen LogP contribution is -2.51. The van der Waals surface area contributed by atoms with E-state index in [9.17, 15) is 19.7 Å². The third kappa shape index (κ3) is 5.26. The molecule has 2 aromatic carbocycles. The molecule has 2 N–H and O–H groups in total. The van der Waals surface area contributed by atoms with E-state index < -0.39 is 25.1 Å². The smallest absolute Gasteiger partial charge is 0.455 e. The summed E-state index contributed by atoms with van der Waals surface area (Å²) in [6.07, 6.45) is 5.22. The third-order valence-electron chi connectivity index (χ3n) is 8.98. The summed E-state index contributed by atoms with van der Waals surface area (Å²) in [5.74, 6) is -0.938. The van der Waals surface area contributed by atoms with Crippen molar-refractivity contribution in [2.24, 2.45) is 23.7 Å². The molecule has 3 aliphatic rings. The number of benzene rings is 2. The maximum absolute atomic E-state index is 13.9. The molecule has 2 heterocycles. The average Bonchev–Trinajstić information content (AvgIpc) is 2.98. The second-order valence-electron chi connectivity index (χ2n) is 11.8. The Labute approximate surface area is 251 Å². The van der Waals surface area contributed by atoms with Gasteiger partial charge in [-0.1, -0.05) is 61.4 Å². The Morgan fingerprint density at radius 1 is 1.07 bits per heavy atom. The summed E-state index contributed by atoms with van der Waals surface area (Å²) in [5.41, 5.74) is 5.70. The minimum Gasteiger partial charge on any atom is -0.508 e. The van der Waals surface area contributed by atoms with Gasteiger partial charge in [0.05, 0.1) is 16.8 Å². The molecule has 1 saturated heterocycles. The average molecular weight is 582 g/mol. The van der Waals surface area contributed by atoms with Gasteiger partial charge in [0.25, 0.3) is 0 Å². The van der Waals surface area contributed by atoms with Crippen LogP contribution in [0.4, 0.5) is 0 Å². The van der Waals surface area contributed by atoms with Crippen LogP contribution in [0, 0.1) is 23.7 Å². The largest absolute Gasteiger partial charge is 0.508 e. The Morgan fingerprint density at radius 2 is 1.81 bits per heavy atom. The van der Waals surface area contributed by atoms with Gasteiger partial charge >= 0.3 is 7.12 Å². The van der Waals surface area contributed by atoms with Crippen molar-refractivity contribution in [1.82, 2.24) is 4.98 Å². The van der Waals surface area contributed by atoms with Gasteiger partial charge in [0.15, 0.2) is 11.6 Å². The number of rotatable bonds is 6. The fraction of sp³-hybridized carbons (Fsp3) is 0.324. The van der Waals surface area contributed by atoms with E-state index in [-0.39, 0.29) is 35.5 Å². The number of fused-ring (bicyclic) bond motifs is 4. The monoisotopic (exact) mass is 581 g/mol. The fourth-order valence-electron chi connectivity index (χ4n) is 7.09. The first-order valence-corrected chi connectivity index (χ1v) is 14.9. The van der Waals surface area contributed by atoms with Gasteiger partial charge in [0.1, 0.15) is 5.75 Å². The molecule has 0 saturated carbocycles. The molecule has 0 amide bonds. The van der Waals surface area contributed by atoms with Gasteiger partial charge < -0.3 is 14.8 Å². The van der Waals surface area contributed by atoms with E-state index in [0.717, 1.165) is 28.0 Å². The molecular formula is C34H33BClNO5. The minimum atomic E-state index is -1.04. The number of ketones is 2. The third-order valence-corrected chi connectivity index (χ3v) is 9.31. The Hall–Kier alpha value is -3.52. The maximum Gasteiger partial charge on any atom is 0.455 e. The van der Waals surface area contributed by atoms with E-state index in [4.69, 9.17) is 16.3 Å². The Balaban J connectivity index is 1.37. The number of aromatic nitrogens is 1. The molecule has 6 rings (SSSR count). The maximum atomic E-state index is 13.9. The molecule has 1 aliphatic heterocycles. The number of hydrogen-bond donors (Lipinski definition) is 2. The summed E-state index contributed by atoms with van der Waals surface area (Å²) in [5, 5.41) is 21.2. The molecule has 42 heavy (non-hydrogen) atoms. The van der Waals surface area contributed by atoms with E-state index in [2.05, 4.69) is 18.8 Å². The molecule has 0 spiro atoms. The molecule has 2 aliphatic carbocycles. The molecule has 0 radical (unpaired) electrons. The summed E-state index contributed by atoms with van der Waals surface area (Å²) in [6.45, 7) is 4.24. The highest BCUT2D eigenvalue weighted by Crippen LogP contribution is 2.52. The summed E-state index contributed by atoms with van der Waals surface area (Å²) in [7, 11) is -1.04. The minimum absolute atomic E-state index is 0.00982. The van der Waals surface area contributed by atoms with Crippen LogP contribution in [0.3, 0.4) is 0 Å². The zero-order valence-electron chi connectivity index (χ0n) is 23.7. The Morgan fingerprint density at radius 3 is 2.50 bits per heavy atom. The first-order chi connectivity index (χ1) is 20.2. The van der Waals surface area contributed by atoms with E-state index in [1.807, 2.05) is 30.3 Å². The van der Waals surface area contributed by atoms with E-state index in [0.29, 0.717) is 35.4 Å². The van der Waals surface area contributed by atoms with Crippen LogP contribution in [0.1, 0.15) is 65.1 Å². The number of carbonyl (C=O) groups excluding carboxylic acids is 2. The van der Waals surface area contributed by atoms with Crippen molar-refractivity contribution in [2.45, 2.75) is 45.5 Å². The summed E-state index contributed by atoms with van der Waals surface area (Å²) in [4.78, 5) is 32.2. The van der Waals surface area contributed by atoms with Crippen LogP contribution in [0.2, 0.25) is 11.3 Å². The van der Waals surface area contributed by atoms with Crippen LogP contribution < -0.4 is 0 Å². The fourth-order valence-corrected chi connectivity index (χ4v) is 7.32. The van der Waals surface area contributed by atoms with Gasteiger partial charge in [0.2, 0.25) is 0 Å². The van der Waals surface area contributed by atoms with Crippen molar-refractivity contribution >= 4 is 41.9 Å². The first kappa shape index (κ1) is 28.6. The number of aromatic hydroxyl groups is 1. The Kier molecular flexibility index (Phi) is 7.92. The number of halogens is 1. The van der Waals surface area contributed by atoms with Crippen LogP contribution in [0.15, 0.2) is 78.0 Å². The van der Waals surface area contributed by atoms with Crippen LogP contribution in [-0.2, 0) is 4.65 Å². The lowest BCUT2D eigenvalue weighted by molar-refractivity contribution is 0.0594. The molecular weight excluding hydrogens is 549 g/mol. The second-order valence-corrected chi connectivity index (χ2v) is 12.2. The van der Waals surface area contributed by atoms with Crippen molar-refractivity contribution in [3.8, 4) is 5.75 Å².